The van der Waals surface area contributed by atoms with Crippen molar-refractivity contribution in [3.05, 3.63) is 78.7 Å². The molecule has 8 nitrogen and oxygen atoms in total. The number of nitriles is 1. The molecule has 35 heavy (non-hydrogen) atoms. The van der Waals surface area contributed by atoms with Gasteiger partial charge < -0.3 is 15.4 Å². The first-order valence-corrected chi connectivity index (χ1v) is 11.7. The molecule has 1 heterocycles. The topological polar surface area (TPSA) is 113 Å². The Hall–Kier alpha value is -4.00. The van der Waals surface area contributed by atoms with Gasteiger partial charge in [0.25, 0.3) is 11.5 Å². The molecule has 3 rings (SSSR count). The Balaban J connectivity index is 2.27. The van der Waals surface area contributed by atoms with Crippen LogP contribution in [0.1, 0.15) is 23.6 Å². The van der Waals surface area contributed by atoms with Gasteiger partial charge in [-0.15, -0.1) is 11.3 Å². The molecule has 0 unspecified atom stereocenters. The first-order valence-electron chi connectivity index (χ1n) is 10.9. The highest BCUT2D eigenvalue weighted by Gasteiger charge is 2.18. The van der Waals surface area contributed by atoms with Crippen molar-refractivity contribution in [1.82, 2.24) is 9.88 Å². The van der Waals surface area contributed by atoms with Crippen LogP contribution in [-0.4, -0.2) is 36.6 Å². The van der Waals surface area contributed by atoms with Gasteiger partial charge in [-0.05, 0) is 48.7 Å². The predicted molar refractivity (Wildman–Crippen MR) is 137 cm³/mol. The SMILES string of the molecule is COCCNC(=O)/C(C#N)=c1\s/c(=C\c2ccc(NC(C)=O)cc2)c(=O)n1-c1c(C)cccc1C. The first-order chi connectivity index (χ1) is 16.8. The van der Waals surface area contributed by atoms with Crippen LogP contribution >= 0.6 is 11.3 Å². The minimum absolute atomic E-state index is 0.147. The predicted octanol–water partition coefficient (Wildman–Crippen LogP) is 1.74. The Labute approximate surface area is 206 Å². The molecule has 180 valence electrons. The molecule has 9 heteroatoms. The highest BCUT2D eigenvalue weighted by Crippen LogP contribution is 2.16. The minimum atomic E-state index is -0.572. The number of nitrogens with zero attached hydrogens (tertiary/aromatic N) is 2. The minimum Gasteiger partial charge on any atom is -0.383 e. The van der Waals surface area contributed by atoms with Crippen LogP contribution in [0.2, 0.25) is 0 Å². The summed E-state index contributed by atoms with van der Waals surface area (Å²) in [5, 5.41) is 15.2. The smallest absolute Gasteiger partial charge is 0.273 e. The lowest BCUT2D eigenvalue weighted by Crippen LogP contribution is -2.35. The van der Waals surface area contributed by atoms with Crippen molar-refractivity contribution in [1.29, 1.82) is 5.26 Å². The lowest BCUT2D eigenvalue weighted by Gasteiger charge is -2.11. The fourth-order valence-electron chi connectivity index (χ4n) is 3.58. The molecule has 2 aromatic carbocycles. The summed E-state index contributed by atoms with van der Waals surface area (Å²) < 4.78 is 7.04. The second kappa shape index (κ2) is 11.4. The molecule has 0 saturated heterocycles. The highest BCUT2D eigenvalue weighted by molar-refractivity contribution is 7.07. The number of nitrogens with one attached hydrogen (secondary N) is 2. The number of para-hydroxylation sites is 1. The summed E-state index contributed by atoms with van der Waals surface area (Å²) in [7, 11) is 1.52. The number of rotatable bonds is 7. The maximum Gasteiger partial charge on any atom is 0.273 e. The molecule has 0 saturated carbocycles. The number of hydrogen-bond donors (Lipinski definition) is 2. The monoisotopic (exact) mass is 490 g/mol. The summed E-state index contributed by atoms with van der Waals surface area (Å²) >= 11 is 1.08. The number of ether oxygens (including phenoxy) is 1. The average molecular weight is 491 g/mol. The molecule has 2 amide bonds. The number of aryl methyl sites for hydroxylation is 2. The Morgan fingerprint density at radius 1 is 1.14 bits per heavy atom. The van der Waals surface area contributed by atoms with E-state index in [0.29, 0.717) is 22.5 Å². The van der Waals surface area contributed by atoms with Gasteiger partial charge in [-0.25, -0.2) is 0 Å². The molecule has 0 aliphatic heterocycles. The zero-order valence-corrected chi connectivity index (χ0v) is 20.8. The molecule has 0 atom stereocenters. The van der Waals surface area contributed by atoms with Crippen LogP contribution in [-0.2, 0) is 14.3 Å². The van der Waals surface area contributed by atoms with Crippen molar-refractivity contribution in [2.75, 3.05) is 25.6 Å². The third-order valence-corrected chi connectivity index (χ3v) is 6.25. The quantitative estimate of drug-likeness (QED) is 0.490. The summed E-state index contributed by atoms with van der Waals surface area (Å²) in [6.45, 7) is 5.72. The van der Waals surface area contributed by atoms with E-state index in [1.54, 1.807) is 30.3 Å². The van der Waals surface area contributed by atoms with Crippen molar-refractivity contribution >= 4 is 40.5 Å². The van der Waals surface area contributed by atoms with Gasteiger partial charge in [0, 0.05) is 26.3 Å². The van der Waals surface area contributed by atoms with Crippen molar-refractivity contribution in [2.24, 2.45) is 0 Å². The Morgan fingerprint density at radius 3 is 2.37 bits per heavy atom. The number of carbonyl (C=O) groups is 2. The summed E-state index contributed by atoms with van der Waals surface area (Å²) in [6.07, 6.45) is 1.70. The maximum atomic E-state index is 13.6. The summed E-state index contributed by atoms with van der Waals surface area (Å²) in [4.78, 5) is 37.7. The van der Waals surface area contributed by atoms with E-state index in [2.05, 4.69) is 10.6 Å². The number of hydrogen-bond acceptors (Lipinski definition) is 6. The molecule has 2 N–H and O–H groups in total. The molecule has 0 fully saturated rings. The third kappa shape index (κ3) is 5.93. The van der Waals surface area contributed by atoms with Gasteiger partial charge in [0.05, 0.1) is 16.8 Å². The molecule has 0 bridgehead atoms. The number of amides is 2. The number of anilines is 1. The molecule has 0 aliphatic rings. The first kappa shape index (κ1) is 25.6. The van der Waals surface area contributed by atoms with Gasteiger partial charge >= 0.3 is 0 Å². The van der Waals surface area contributed by atoms with E-state index in [-0.39, 0.29) is 28.2 Å². The van der Waals surface area contributed by atoms with Gasteiger partial charge in [-0.2, -0.15) is 5.26 Å². The van der Waals surface area contributed by atoms with Gasteiger partial charge in [0.2, 0.25) is 5.91 Å². The van der Waals surface area contributed by atoms with E-state index in [1.807, 2.05) is 38.1 Å². The van der Waals surface area contributed by atoms with Crippen molar-refractivity contribution in [3.63, 3.8) is 0 Å². The lowest BCUT2D eigenvalue weighted by molar-refractivity contribution is -0.116. The van der Waals surface area contributed by atoms with E-state index in [9.17, 15) is 19.6 Å². The van der Waals surface area contributed by atoms with E-state index in [4.69, 9.17) is 4.74 Å². The van der Waals surface area contributed by atoms with Crippen LogP contribution in [0, 0.1) is 25.2 Å². The van der Waals surface area contributed by atoms with Gasteiger partial charge in [-0.1, -0.05) is 30.3 Å². The zero-order valence-electron chi connectivity index (χ0n) is 20.0. The summed E-state index contributed by atoms with van der Waals surface area (Å²) in [5.41, 5.74) is 3.23. The van der Waals surface area contributed by atoms with Gasteiger partial charge in [-0.3, -0.25) is 19.0 Å². The Kier molecular flexibility index (Phi) is 8.36. The van der Waals surface area contributed by atoms with Crippen molar-refractivity contribution in [2.45, 2.75) is 20.8 Å². The maximum absolute atomic E-state index is 13.6. The number of aromatic nitrogens is 1. The molecular formula is C26H26N4O4S. The van der Waals surface area contributed by atoms with Crippen LogP contribution in [0.25, 0.3) is 17.3 Å². The molecule has 3 aromatic rings. The second-order valence-corrected chi connectivity index (χ2v) is 8.87. The number of carbonyl (C=O) groups excluding carboxylic acids is 2. The molecule has 0 radical (unpaired) electrons. The lowest BCUT2D eigenvalue weighted by atomic mass is 10.1. The normalized spacial score (nSPS) is 12.1. The number of thiazole rings is 1. The molecule has 1 aromatic heterocycles. The number of benzene rings is 2. The average Bonchev–Trinajstić information content (AvgIpc) is 3.11. The second-order valence-electron chi connectivity index (χ2n) is 7.84. The van der Waals surface area contributed by atoms with Crippen LogP contribution in [0.3, 0.4) is 0 Å². The fraction of sp³-hybridized carbons (Fsp3) is 0.231. The fourth-order valence-corrected chi connectivity index (χ4v) is 4.67. The van der Waals surface area contributed by atoms with Crippen LogP contribution in [0.15, 0.2) is 47.3 Å². The Bertz CT molecular complexity index is 1460. The van der Waals surface area contributed by atoms with E-state index in [1.165, 1.54) is 18.6 Å². The van der Waals surface area contributed by atoms with E-state index < -0.39 is 5.91 Å². The summed E-state index contributed by atoms with van der Waals surface area (Å²) in [6, 6.07) is 14.7. The van der Waals surface area contributed by atoms with E-state index in [0.717, 1.165) is 28.0 Å². The summed E-state index contributed by atoms with van der Waals surface area (Å²) in [5.74, 6) is -0.749. The standard InChI is InChI=1S/C26H26N4O4S/c1-16-6-5-7-17(2)23(16)30-25(33)22(14-19-8-10-20(11-9-19)29-18(3)31)35-26(30)21(15-27)24(32)28-12-13-34-4/h5-11,14H,12-13H2,1-4H3,(H,28,32)(H,29,31)/b22-14-,26-21-. The van der Waals surface area contributed by atoms with E-state index >= 15 is 0 Å². The molecular weight excluding hydrogens is 464 g/mol. The molecule has 0 aliphatic carbocycles. The van der Waals surface area contributed by atoms with Gasteiger partial charge in [0.1, 0.15) is 10.7 Å². The number of methoxy groups -OCH3 is 1. The molecule has 0 spiro atoms. The van der Waals surface area contributed by atoms with Crippen LogP contribution in [0.4, 0.5) is 5.69 Å². The van der Waals surface area contributed by atoms with Crippen LogP contribution < -0.4 is 25.4 Å². The van der Waals surface area contributed by atoms with Crippen LogP contribution in [0.5, 0.6) is 0 Å². The Morgan fingerprint density at radius 2 is 1.80 bits per heavy atom. The zero-order chi connectivity index (χ0) is 25.5. The van der Waals surface area contributed by atoms with Gasteiger partial charge in [0.15, 0.2) is 5.57 Å². The third-order valence-electron chi connectivity index (χ3n) is 5.16. The van der Waals surface area contributed by atoms with Crippen molar-refractivity contribution in [3.8, 4) is 11.8 Å². The highest BCUT2D eigenvalue weighted by atomic mass is 32.1. The van der Waals surface area contributed by atoms with Crippen molar-refractivity contribution < 1.29 is 14.3 Å². The largest absolute Gasteiger partial charge is 0.383 e.